The predicted octanol–water partition coefficient (Wildman–Crippen LogP) is 3.25. The predicted molar refractivity (Wildman–Crippen MR) is 116 cm³/mol. The van der Waals surface area contributed by atoms with E-state index in [9.17, 15) is 4.79 Å². The molecule has 0 fully saturated rings. The van der Waals surface area contributed by atoms with Gasteiger partial charge in [-0.1, -0.05) is 61.9 Å². The van der Waals surface area contributed by atoms with Gasteiger partial charge in [0.15, 0.2) is 0 Å². The first-order valence-electron chi connectivity index (χ1n) is 10.3. The molecule has 0 saturated heterocycles. The van der Waals surface area contributed by atoms with Gasteiger partial charge in [-0.15, -0.1) is 0 Å². The fourth-order valence-electron chi connectivity index (χ4n) is 2.81. The summed E-state index contributed by atoms with van der Waals surface area (Å²) in [5.74, 6) is 0.916. The fourth-order valence-corrected chi connectivity index (χ4v) is 2.81. The smallest absolute Gasteiger partial charge is 0.407 e. The van der Waals surface area contributed by atoms with Crippen LogP contribution in [0.1, 0.15) is 30.9 Å². The van der Waals surface area contributed by atoms with E-state index in [-0.39, 0.29) is 12.6 Å². The fraction of sp³-hybridized carbons (Fsp3) is 0.435. The van der Waals surface area contributed by atoms with Gasteiger partial charge in [0.25, 0.3) is 0 Å². The van der Waals surface area contributed by atoms with E-state index in [1.165, 1.54) is 0 Å². The number of hydrogen-bond donors (Lipinski definition) is 3. The monoisotopic (exact) mass is 399 g/mol. The Morgan fingerprint density at radius 3 is 2.62 bits per heavy atom. The molecular formula is C23H33N3O3. The van der Waals surface area contributed by atoms with E-state index in [1.54, 1.807) is 0 Å². The number of para-hydroxylation sites is 1. The molecule has 0 saturated carbocycles. The molecule has 6 nitrogen and oxygen atoms in total. The van der Waals surface area contributed by atoms with Crippen molar-refractivity contribution in [2.45, 2.75) is 38.8 Å². The third-order valence-electron chi connectivity index (χ3n) is 4.40. The number of carbonyl (C=O) groups excluding carboxylic acids is 1. The third kappa shape index (κ3) is 9.45. The van der Waals surface area contributed by atoms with Crippen LogP contribution in [0.25, 0.3) is 0 Å². The molecule has 0 radical (unpaired) electrons. The van der Waals surface area contributed by atoms with Crippen LogP contribution in [0, 0.1) is 0 Å². The lowest BCUT2D eigenvalue weighted by molar-refractivity contribution is 0.139. The molecule has 1 amide bonds. The van der Waals surface area contributed by atoms with Crippen LogP contribution in [0.3, 0.4) is 0 Å². The van der Waals surface area contributed by atoms with Crippen molar-refractivity contribution in [3.8, 4) is 5.75 Å². The van der Waals surface area contributed by atoms with Crippen molar-refractivity contribution in [3.05, 3.63) is 65.7 Å². The molecule has 0 aromatic heterocycles. The Morgan fingerprint density at radius 2 is 1.83 bits per heavy atom. The zero-order valence-electron chi connectivity index (χ0n) is 17.2. The van der Waals surface area contributed by atoms with E-state index in [0.717, 1.165) is 42.7 Å². The Labute approximate surface area is 173 Å². The van der Waals surface area contributed by atoms with Gasteiger partial charge < -0.3 is 25.8 Å². The molecule has 4 N–H and O–H groups in total. The molecule has 0 spiro atoms. The highest BCUT2D eigenvalue weighted by Crippen LogP contribution is 2.19. The van der Waals surface area contributed by atoms with Gasteiger partial charge in [-0.2, -0.15) is 0 Å². The first-order chi connectivity index (χ1) is 14.2. The van der Waals surface area contributed by atoms with Gasteiger partial charge in [-0.3, -0.25) is 0 Å². The average molecular weight is 400 g/mol. The number of unbranched alkanes of at least 4 members (excludes halogenated alkanes) is 1. The van der Waals surface area contributed by atoms with Gasteiger partial charge >= 0.3 is 6.09 Å². The van der Waals surface area contributed by atoms with Gasteiger partial charge in [0.2, 0.25) is 0 Å². The molecule has 29 heavy (non-hydrogen) atoms. The minimum Gasteiger partial charge on any atom is -0.493 e. The minimum atomic E-state index is -0.418. The number of nitrogens with one attached hydrogen (secondary N) is 2. The average Bonchev–Trinajstić information content (AvgIpc) is 2.74. The van der Waals surface area contributed by atoms with Gasteiger partial charge in [0.05, 0.1) is 6.61 Å². The second-order valence-corrected chi connectivity index (χ2v) is 6.97. The quantitative estimate of drug-likeness (QED) is 0.450. The van der Waals surface area contributed by atoms with Crippen molar-refractivity contribution in [3.63, 3.8) is 0 Å². The molecule has 0 aliphatic heterocycles. The topological polar surface area (TPSA) is 85.6 Å². The number of hydrogen-bond acceptors (Lipinski definition) is 5. The Bertz CT molecular complexity index is 710. The molecule has 0 aliphatic rings. The van der Waals surface area contributed by atoms with Crippen LogP contribution >= 0.6 is 0 Å². The maximum atomic E-state index is 11.7. The second kappa shape index (κ2) is 13.6. The molecule has 6 heteroatoms. The molecule has 0 heterocycles. The van der Waals surface area contributed by atoms with E-state index in [1.807, 2.05) is 48.5 Å². The normalized spacial score (nSPS) is 11.7. The highest BCUT2D eigenvalue weighted by molar-refractivity contribution is 5.67. The summed E-state index contributed by atoms with van der Waals surface area (Å²) in [5.41, 5.74) is 8.34. The first kappa shape index (κ1) is 22.7. The lowest BCUT2D eigenvalue weighted by Gasteiger charge is -2.16. The Hall–Kier alpha value is -2.57. The van der Waals surface area contributed by atoms with Crippen molar-refractivity contribution in [2.24, 2.45) is 5.73 Å². The van der Waals surface area contributed by atoms with Gasteiger partial charge in [0, 0.05) is 25.7 Å². The van der Waals surface area contributed by atoms with Gasteiger partial charge in [-0.05, 0) is 30.0 Å². The third-order valence-corrected chi connectivity index (χ3v) is 4.40. The van der Waals surface area contributed by atoms with Gasteiger partial charge in [0.1, 0.15) is 12.4 Å². The van der Waals surface area contributed by atoms with Crippen LogP contribution in [-0.4, -0.2) is 38.4 Å². The van der Waals surface area contributed by atoms with Crippen molar-refractivity contribution >= 4 is 6.09 Å². The standard InChI is InChI=1S/C23H33N3O3/c1-2-3-15-28-22-12-8-7-11-20(22)16-21(24)17-25-13-14-26-23(27)29-18-19-9-5-4-6-10-19/h4-12,21,25H,2-3,13-18,24H2,1H3,(H,26,27). The molecule has 1 unspecified atom stereocenters. The number of rotatable bonds is 13. The number of amides is 1. The van der Waals surface area contributed by atoms with Crippen LogP contribution in [0.2, 0.25) is 0 Å². The van der Waals surface area contributed by atoms with E-state index < -0.39 is 6.09 Å². The Kier molecular flexibility index (Phi) is 10.6. The Morgan fingerprint density at radius 1 is 1.07 bits per heavy atom. The summed E-state index contributed by atoms with van der Waals surface area (Å²) < 4.78 is 11.0. The number of benzene rings is 2. The summed E-state index contributed by atoms with van der Waals surface area (Å²) in [6, 6.07) is 17.6. The molecular weight excluding hydrogens is 366 g/mol. The lowest BCUT2D eigenvalue weighted by Crippen LogP contribution is -2.39. The maximum Gasteiger partial charge on any atom is 0.407 e. The van der Waals surface area contributed by atoms with Crippen LogP contribution in [0.15, 0.2) is 54.6 Å². The van der Waals surface area contributed by atoms with Crippen LogP contribution in [0.4, 0.5) is 4.79 Å². The van der Waals surface area contributed by atoms with Crippen LogP contribution in [-0.2, 0) is 17.8 Å². The molecule has 2 rings (SSSR count). The lowest BCUT2D eigenvalue weighted by atomic mass is 10.1. The summed E-state index contributed by atoms with van der Waals surface area (Å²) in [6.45, 7) is 4.91. The van der Waals surface area contributed by atoms with E-state index >= 15 is 0 Å². The SMILES string of the molecule is CCCCOc1ccccc1CC(N)CNCCNC(=O)OCc1ccccc1. The molecule has 2 aromatic rings. The first-order valence-corrected chi connectivity index (χ1v) is 10.3. The highest BCUT2D eigenvalue weighted by atomic mass is 16.5. The summed E-state index contributed by atoms with van der Waals surface area (Å²) in [6.07, 6.45) is 2.47. The molecule has 158 valence electrons. The van der Waals surface area contributed by atoms with Crippen LogP contribution < -0.4 is 21.1 Å². The molecule has 0 aliphatic carbocycles. The Balaban J connectivity index is 1.59. The van der Waals surface area contributed by atoms with Crippen molar-refractivity contribution in [1.82, 2.24) is 10.6 Å². The van der Waals surface area contributed by atoms with Crippen LogP contribution in [0.5, 0.6) is 5.75 Å². The van der Waals surface area contributed by atoms with Crippen molar-refractivity contribution in [1.29, 1.82) is 0 Å². The molecule has 1 atom stereocenters. The van der Waals surface area contributed by atoms with Gasteiger partial charge in [-0.25, -0.2) is 4.79 Å². The number of alkyl carbamates (subject to hydrolysis) is 1. The highest BCUT2D eigenvalue weighted by Gasteiger charge is 2.09. The zero-order valence-corrected chi connectivity index (χ0v) is 17.2. The molecule has 0 bridgehead atoms. The number of carbonyl (C=O) groups is 1. The van der Waals surface area contributed by atoms with E-state index in [2.05, 4.69) is 23.6 Å². The summed E-state index contributed by atoms with van der Waals surface area (Å²) in [4.78, 5) is 11.7. The largest absolute Gasteiger partial charge is 0.493 e. The number of nitrogens with two attached hydrogens (primary N) is 1. The van der Waals surface area contributed by atoms with Crippen molar-refractivity contribution < 1.29 is 14.3 Å². The summed E-state index contributed by atoms with van der Waals surface area (Å²) >= 11 is 0. The number of ether oxygens (including phenoxy) is 2. The van der Waals surface area contributed by atoms with Crippen molar-refractivity contribution in [2.75, 3.05) is 26.2 Å². The second-order valence-electron chi connectivity index (χ2n) is 6.97. The maximum absolute atomic E-state index is 11.7. The zero-order chi connectivity index (χ0) is 20.7. The van der Waals surface area contributed by atoms with E-state index in [4.69, 9.17) is 15.2 Å². The summed E-state index contributed by atoms with van der Waals surface area (Å²) in [7, 11) is 0. The molecule has 2 aromatic carbocycles. The summed E-state index contributed by atoms with van der Waals surface area (Å²) in [5, 5.41) is 6.00. The van der Waals surface area contributed by atoms with E-state index in [0.29, 0.717) is 19.6 Å². The minimum absolute atomic E-state index is 0.0315.